The van der Waals surface area contributed by atoms with Crippen LogP contribution in [0, 0.1) is 0 Å². The Morgan fingerprint density at radius 2 is 1.20 bits per heavy atom. The molecule has 0 spiro atoms. The summed E-state index contributed by atoms with van der Waals surface area (Å²) in [6, 6.07) is 41.6. The molecule has 0 saturated heterocycles. The van der Waals surface area contributed by atoms with Gasteiger partial charge < -0.3 is 15.3 Å². The zero-order valence-corrected chi connectivity index (χ0v) is 27.1. The third kappa shape index (κ3) is 6.45. The minimum atomic E-state index is -0.120. The predicted octanol–water partition coefficient (Wildman–Crippen LogP) is 9.59. The number of nitrogens with one attached hydrogen (secondary N) is 3. The van der Waals surface area contributed by atoms with Crippen molar-refractivity contribution in [3.63, 3.8) is 0 Å². The highest BCUT2D eigenvalue weighted by molar-refractivity contribution is 5.96. The van der Waals surface area contributed by atoms with Gasteiger partial charge in [-0.25, -0.2) is 19.7 Å². The molecule has 8 rings (SSSR count). The largest absolute Gasteiger partial charge is 0.376 e. The van der Waals surface area contributed by atoms with Gasteiger partial charge in [-0.15, -0.1) is 0 Å². The Morgan fingerprint density at radius 3 is 1.92 bits per heavy atom. The van der Waals surface area contributed by atoms with Crippen LogP contribution in [0.15, 0.2) is 121 Å². The monoisotopic (exact) mass is 641 g/mol. The number of hydrogen-bond donors (Lipinski definition) is 3. The molecule has 1 atom stereocenters. The molecule has 5 heterocycles. The summed E-state index contributed by atoms with van der Waals surface area (Å²) in [6.45, 7) is 0.334. The molecule has 6 aromatic rings. The molecule has 0 amide bonds. The lowest BCUT2D eigenvalue weighted by molar-refractivity contribution is -0.273. The summed E-state index contributed by atoms with van der Waals surface area (Å²) in [5.41, 5.74) is 13.5. The molecule has 2 aliphatic heterocycles. The van der Waals surface area contributed by atoms with Crippen LogP contribution >= 0.6 is 0 Å². The van der Waals surface area contributed by atoms with E-state index in [9.17, 15) is 0 Å². The molecule has 2 aliphatic rings. The molecule has 7 nitrogen and oxygen atoms in total. The maximum atomic E-state index is 5.53. The summed E-state index contributed by atoms with van der Waals surface area (Å²) in [5, 5.41) is 3.81. The number of anilines is 1. The van der Waals surface area contributed by atoms with E-state index in [-0.39, 0.29) is 6.04 Å². The second-order valence-corrected chi connectivity index (χ2v) is 12.1. The van der Waals surface area contributed by atoms with E-state index in [2.05, 4.69) is 143 Å². The number of hydrogen-bond acceptors (Lipinski definition) is 5. The van der Waals surface area contributed by atoms with Crippen molar-refractivity contribution in [2.75, 3.05) is 19.0 Å². The van der Waals surface area contributed by atoms with Gasteiger partial charge in [0.05, 0.1) is 47.1 Å². The van der Waals surface area contributed by atoms with Crippen molar-refractivity contribution < 1.29 is 9.78 Å². The van der Waals surface area contributed by atoms with Gasteiger partial charge in [0, 0.05) is 27.7 Å². The Bertz CT molecular complexity index is 2290. The Morgan fingerprint density at radius 1 is 0.612 bits per heavy atom. The summed E-state index contributed by atoms with van der Waals surface area (Å²) >= 11 is 0. The molecule has 0 unspecified atom stereocenters. The lowest BCUT2D eigenvalue weighted by Gasteiger charge is -2.20. The normalized spacial score (nSPS) is 12.7. The zero-order chi connectivity index (χ0) is 33.0. The lowest BCUT2D eigenvalue weighted by atomic mass is 10.0. The first-order chi connectivity index (χ1) is 24.2. The standard InChI is InChI=1S/C42H35N5O2/c1-48-49-27-33(25-28-11-5-2-6-12-28)45-42-38-23-21-36(46-38)40(29-13-7-3-8-14-29)34-19-17-31(43-34)26-32-18-20-35(44-32)41(30-15-9-4-10-16-30)37-22-24-39(42)47-37/h2-24,26,33,43,45,47H,25,27H2,1H3/t33-/m1/s1. The molecule has 3 aromatic carbocycles. The number of H-pyrrole nitrogens is 2. The van der Waals surface area contributed by atoms with Crippen LogP contribution in [0.4, 0.5) is 5.69 Å². The fourth-order valence-corrected chi connectivity index (χ4v) is 6.51. The Hall–Kier alpha value is -6.02. The van der Waals surface area contributed by atoms with E-state index in [1.165, 1.54) is 12.7 Å². The van der Waals surface area contributed by atoms with Crippen LogP contribution < -0.4 is 5.32 Å². The molecule has 0 fully saturated rings. The van der Waals surface area contributed by atoms with Crippen LogP contribution in [-0.2, 0) is 16.2 Å². The Kier molecular flexibility index (Phi) is 8.42. The second-order valence-electron chi connectivity index (χ2n) is 12.1. The summed E-state index contributed by atoms with van der Waals surface area (Å²) in [7, 11) is 1.54. The molecule has 3 N–H and O–H groups in total. The maximum Gasteiger partial charge on any atom is 0.103 e. The van der Waals surface area contributed by atoms with Gasteiger partial charge in [-0.3, -0.25) is 0 Å². The number of aromatic amines is 2. The molecule has 0 aliphatic carbocycles. The van der Waals surface area contributed by atoms with Crippen LogP contribution in [0.5, 0.6) is 0 Å². The minimum Gasteiger partial charge on any atom is -0.376 e. The average Bonchev–Trinajstić information content (AvgIpc) is 3.98. The number of rotatable bonds is 9. The Balaban J connectivity index is 1.42. The van der Waals surface area contributed by atoms with Crippen molar-refractivity contribution in [1.29, 1.82) is 0 Å². The van der Waals surface area contributed by atoms with Crippen LogP contribution in [0.25, 0.3) is 68.6 Å². The van der Waals surface area contributed by atoms with Crippen molar-refractivity contribution in [3.8, 4) is 22.3 Å². The SMILES string of the molecule is COOC[C@@H](Cc1ccccc1)Nc1c2nc(c(-c3ccccc3)c3ccc(cc4nc(c(-c5ccccc5)c5ccc1[nH]5)C=C4)[nH]3)C=C2. The maximum absolute atomic E-state index is 5.53. The molecule has 8 bridgehead atoms. The van der Waals surface area contributed by atoms with Gasteiger partial charge in [-0.1, -0.05) is 91.0 Å². The van der Waals surface area contributed by atoms with E-state index in [1.807, 2.05) is 18.2 Å². The zero-order valence-electron chi connectivity index (χ0n) is 27.1. The number of aromatic nitrogens is 4. The predicted molar refractivity (Wildman–Crippen MR) is 200 cm³/mol. The number of benzene rings is 3. The summed E-state index contributed by atoms with van der Waals surface area (Å²) in [5.74, 6) is 0. The fraction of sp³-hybridized carbons (Fsp3) is 0.0952. The first kappa shape index (κ1) is 30.3. The van der Waals surface area contributed by atoms with Gasteiger partial charge in [0.1, 0.15) is 6.61 Å². The van der Waals surface area contributed by atoms with Gasteiger partial charge in [0.2, 0.25) is 0 Å². The van der Waals surface area contributed by atoms with Gasteiger partial charge in [-0.05, 0) is 77.7 Å². The van der Waals surface area contributed by atoms with E-state index in [0.717, 1.165) is 79.2 Å². The molecular weight excluding hydrogens is 606 g/mol. The van der Waals surface area contributed by atoms with E-state index in [4.69, 9.17) is 19.7 Å². The summed E-state index contributed by atoms with van der Waals surface area (Å²) in [6.07, 6.45) is 9.05. The highest BCUT2D eigenvalue weighted by Crippen LogP contribution is 2.35. The van der Waals surface area contributed by atoms with Crippen LogP contribution in [-0.4, -0.2) is 39.7 Å². The fourth-order valence-electron chi connectivity index (χ4n) is 6.51. The molecule has 0 radical (unpaired) electrons. The topological polar surface area (TPSA) is 87.8 Å². The third-order valence-corrected chi connectivity index (χ3v) is 8.76. The van der Waals surface area contributed by atoms with Gasteiger partial charge in [0.15, 0.2) is 0 Å². The molecule has 3 aromatic heterocycles. The van der Waals surface area contributed by atoms with Crippen LogP contribution in [0.1, 0.15) is 28.3 Å². The molecule has 49 heavy (non-hydrogen) atoms. The average molecular weight is 642 g/mol. The van der Waals surface area contributed by atoms with Crippen LogP contribution in [0.2, 0.25) is 0 Å². The van der Waals surface area contributed by atoms with Gasteiger partial charge in [0.25, 0.3) is 0 Å². The lowest BCUT2D eigenvalue weighted by Crippen LogP contribution is -2.28. The van der Waals surface area contributed by atoms with E-state index < -0.39 is 0 Å². The van der Waals surface area contributed by atoms with Crippen molar-refractivity contribution in [3.05, 3.63) is 150 Å². The van der Waals surface area contributed by atoms with Crippen molar-refractivity contribution in [1.82, 2.24) is 19.9 Å². The van der Waals surface area contributed by atoms with Crippen LogP contribution in [0.3, 0.4) is 0 Å². The number of fused-ring (bicyclic) bond motifs is 8. The summed E-state index contributed by atoms with van der Waals surface area (Å²) < 4.78 is 0. The first-order valence-corrected chi connectivity index (χ1v) is 16.4. The first-order valence-electron chi connectivity index (χ1n) is 16.4. The third-order valence-electron chi connectivity index (χ3n) is 8.76. The van der Waals surface area contributed by atoms with Crippen molar-refractivity contribution in [2.45, 2.75) is 12.5 Å². The number of nitrogens with zero attached hydrogens (tertiary/aromatic N) is 2. The van der Waals surface area contributed by atoms with E-state index in [0.29, 0.717) is 6.61 Å². The van der Waals surface area contributed by atoms with Crippen molar-refractivity contribution in [2.24, 2.45) is 0 Å². The quantitative estimate of drug-likeness (QED) is 0.108. The van der Waals surface area contributed by atoms with E-state index in [1.54, 1.807) is 0 Å². The molecular formula is C42H35N5O2. The minimum absolute atomic E-state index is 0.120. The van der Waals surface area contributed by atoms with Gasteiger partial charge >= 0.3 is 0 Å². The second kappa shape index (κ2) is 13.6. The molecule has 240 valence electrons. The van der Waals surface area contributed by atoms with Crippen molar-refractivity contribution >= 4 is 52.1 Å². The highest BCUT2D eigenvalue weighted by Gasteiger charge is 2.19. The smallest absolute Gasteiger partial charge is 0.103 e. The Labute approximate surface area is 284 Å². The highest BCUT2D eigenvalue weighted by atomic mass is 17.2. The summed E-state index contributed by atoms with van der Waals surface area (Å²) in [4.78, 5) is 28.4. The van der Waals surface area contributed by atoms with Gasteiger partial charge in [-0.2, -0.15) is 0 Å². The molecule has 0 saturated carbocycles. The molecule has 7 heteroatoms. The van der Waals surface area contributed by atoms with E-state index >= 15 is 0 Å².